The Kier molecular flexibility index (Phi) is 4.73. The van der Waals surface area contributed by atoms with Gasteiger partial charge in [0.25, 0.3) is 5.91 Å². The van der Waals surface area contributed by atoms with Crippen LogP contribution in [0, 0.1) is 0 Å². The third-order valence-corrected chi connectivity index (χ3v) is 6.86. The molecule has 1 aliphatic rings. The number of nitrogens with zero attached hydrogens (tertiary/aromatic N) is 3. The Morgan fingerprint density at radius 2 is 1.93 bits per heavy atom. The standard InChI is InChI=1S/C18H16N4O3S2/c23-17(20-18-21-19-12-26-18)14-6-3-7-16(10-14)27(24,25)22-9-8-13-4-1-2-5-15(13)11-22/h1-7,10,12H,8-9,11H2,(H,20,21,23). The van der Waals surface area contributed by atoms with Gasteiger partial charge in [-0.1, -0.05) is 41.7 Å². The van der Waals surface area contributed by atoms with E-state index in [0.717, 1.165) is 5.56 Å². The summed E-state index contributed by atoms with van der Waals surface area (Å²) in [5, 5.41) is 10.4. The molecule has 1 aromatic heterocycles. The van der Waals surface area contributed by atoms with Crippen LogP contribution in [-0.4, -0.2) is 35.4 Å². The molecular weight excluding hydrogens is 384 g/mol. The lowest BCUT2D eigenvalue weighted by Gasteiger charge is -2.28. The van der Waals surface area contributed by atoms with Crippen LogP contribution in [0.1, 0.15) is 21.5 Å². The van der Waals surface area contributed by atoms with E-state index in [1.165, 1.54) is 38.8 Å². The van der Waals surface area contributed by atoms with Gasteiger partial charge >= 0.3 is 0 Å². The van der Waals surface area contributed by atoms with Crippen LogP contribution < -0.4 is 5.32 Å². The summed E-state index contributed by atoms with van der Waals surface area (Å²) in [6.45, 7) is 0.750. The Hall–Kier alpha value is -2.62. The third-order valence-electron chi connectivity index (χ3n) is 4.41. The molecule has 0 fully saturated rings. The molecule has 0 spiro atoms. The van der Waals surface area contributed by atoms with Gasteiger partial charge in [-0.05, 0) is 35.7 Å². The molecule has 0 aliphatic carbocycles. The Labute approximate surface area is 160 Å². The Morgan fingerprint density at radius 1 is 1.11 bits per heavy atom. The first-order valence-corrected chi connectivity index (χ1v) is 10.6. The molecule has 4 rings (SSSR count). The molecule has 9 heteroatoms. The van der Waals surface area contributed by atoms with Crippen LogP contribution >= 0.6 is 11.3 Å². The van der Waals surface area contributed by atoms with Crippen LogP contribution in [0.4, 0.5) is 5.13 Å². The molecule has 1 aliphatic heterocycles. The molecule has 2 heterocycles. The number of nitrogens with one attached hydrogen (secondary N) is 1. The molecule has 3 aromatic rings. The van der Waals surface area contributed by atoms with E-state index < -0.39 is 15.9 Å². The van der Waals surface area contributed by atoms with Gasteiger partial charge in [-0.15, -0.1) is 10.2 Å². The van der Waals surface area contributed by atoms with Crippen molar-refractivity contribution in [2.75, 3.05) is 11.9 Å². The molecule has 1 amide bonds. The first-order valence-electron chi connectivity index (χ1n) is 8.28. The number of rotatable bonds is 4. The van der Waals surface area contributed by atoms with Gasteiger partial charge in [-0.3, -0.25) is 10.1 Å². The summed E-state index contributed by atoms with van der Waals surface area (Å²) < 4.78 is 27.6. The second-order valence-corrected chi connectivity index (χ2v) is 8.85. The SMILES string of the molecule is O=C(Nc1nncs1)c1cccc(S(=O)(=O)N2CCc3ccccc3C2)c1. The van der Waals surface area contributed by atoms with Crippen molar-refractivity contribution < 1.29 is 13.2 Å². The maximum Gasteiger partial charge on any atom is 0.257 e. The van der Waals surface area contributed by atoms with Crippen molar-refractivity contribution in [3.05, 3.63) is 70.7 Å². The fourth-order valence-corrected chi connectivity index (χ4v) is 4.92. The fourth-order valence-electron chi connectivity index (χ4n) is 3.02. The maximum absolute atomic E-state index is 13.1. The summed E-state index contributed by atoms with van der Waals surface area (Å²) in [7, 11) is -3.69. The molecule has 0 bridgehead atoms. The van der Waals surface area contributed by atoms with E-state index in [1.54, 1.807) is 12.1 Å². The van der Waals surface area contributed by atoms with Gasteiger partial charge in [0.05, 0.1) is 4.90 Å². The normalized spacial score (nSPS) is 14.5. The number of anilines is 1. The number of aromatic nitrogens is 2. The molecule has 27 heavy (non-hydrogen) atoms. The van der Waals surface area contributed by atoms with Gasteiger partial charge in [-0.25, -0.2) is 8.42 Å². The number of sulfonamides is 1. The van der Waals surface area contributed by atoms with E-state index >= 15 is 0 Å². The number of benzene rings is 2. The number of carbonyl (C=O) groups excluding carboxylic acids is 1. The van der Waals surface area contributed by atoms with E-state index in [0.29, 0.717) is 24.6 Å². The van der Waals surface area contributed by atoms with Gasteiger partial charge in [0.2, 0.25) is 15.2 Å². The maximum atomic E-state index is 13.1. The van der Waals surface area contributed by atoms with Crippen molar-refractivity contribution in [1.29, 1.82) is 0 Å². The van der Waals surface area contributed by atoms with E-state index in [2.05, 4.69) is 15.5 Å². The van der Waals surface area contributed by atoms with Crippen molar-refractivity contribution >= 4 is 32.4 Å². The van der Waals surface area contributed by atoms with Crippen LogP contribution in [0.2, 0.25) is 0 Å². The minimum Gasteiger partial charge on any atom is -0.296 e. The van der Waals surface area contributed by atoms with Gasteiger partial charge < -0.3 is 0 Å². The van der Waals surface area contributed by atoms with Crippen molar-refractivity contribution in [2.24, 2.45) is 0 Å². The molecule has 7 nitrogen and oxygen atoms in total. The molecule has 2 aromatic carbocycles. The van der Waals surface area contributed by atoms with Crippen LogP contribution in [0.5, 0.6) is 0 Å². The van der Waals surface area contributed by atoms with Gasteiger partial charge in [0, 0.05) is 18.7 Å². The minimum absolute atomic E-state index is 0.104. The molecule has 0 atom stereocenters. The Morgan fingerprint density at radius 3 is 2.70 bits per heavy atom. The summed E-state index contributed by atoms with van der Waals surface area (Å²) >= 11 is 1.19. The smallest absolute Gasteiger partial charge is 0.257 e. The lowest BCUT2D eigenvalue weighted by Crippen LogP contribution is -2.36. The van der Waals surface area contributed by atoms with Crippen LogP contribution in [0.25, 0.3) is 0 Å². The molecule has 0 radical (unpaired) electrons. The molecule has 1 N–H and O–H groups in total. The zero-order valence-electron chi connectivity index (χ0n) is 14.2. The van der Waals surface area contributed by atoms with Gasteiger partial charge in [0.15, 0.2) is 0 Å². The molecule has 0 saturated heterocycles. The highest BCUT2D eigenvalue weighted by atomic mass is 32.2. The lowest BCUT2D eigenvalue weighted by molar-refractivity contribution is 0.102. The van der Waals surface area contributed by atoms with Crippen molar-refractivity contribution in [3.8, 4) is 0 Å². The summed E-state index contributed by atoms with van der Waals surface area (Å²) in [5.41, 5.74) is 3.94. The largest absolute Gasteiger partial charge is 0.296 e. The number of carbonyl (C=O) groups is 1. The van der Waals surface area contributed by atoms with E-state index in [-0.39, 0.29) is 10.5 Å². The number of hydrogen-bond acceptors (Lipinski definition) is 6. The van der Waals surface area contributed by atoms with E-state index in [1.807, 2.05) is 24.3 Å². The van der Waals surface area contributed by atoms with Crippen LogP contribution in [0.3, 0.4) is 0 Å². The summed E-state index contributed by atoms with van der Waals surface area (Å²) in [4.78, 5) is 12.5. The second-order valence-electron chi connectivity index (χ2n) is 6.08. The first kappa shape index (κ1) is 17.8. The number of fused-ring (bicyclic) bond motifs is 1. The van der Waals surface area contributed by atoms with E-state index in [9.17, 15) is 13.2 Å². The quantitative estimate of drug-likeness (QED) is 0.727. The predicted molar refractivity (Wildman–Crippen MR) is 102 cm³/mol. The van der Waals surface area contributed by atoms with Crippen LogP contribution in [0.15, 0.2) is 58.9 Å². The summed E-state index contributed by atoms with van der Waals surface area (Å²) in [6.07, 6.45) is 0.673. The highest BCUT2D eigenvalue weighted by Crippen LogP contribution is 2.25. The first-order chi connectivity index (χ1) is 13.0. The van der Waals surface area contributed by atoms with Crippen molar-refractivity contribution in [2.45, 2.75) is 17.9 Å². The number of amides is 1. The van der Waals surface area contributed by atoms with E-state index in [4.69, 9.17) is 0 Å². The fraction of sp³-hybridized carbons (Fsp3) is 0.167. The average Bonchev–Trinajstić information content (AvgIpc) is 3.20. The van der Waals surface area contributed by atoms with Crippen molar-refractivity contribution in [1.82, 2.24) is 14.5 Å². The van der Waals surface area contributed by atoms with Gasteiger partial charge in [0.1, 0.15) is 5.51 Å². The average molecular weight is 400 g/mol. The van der Waals surface area contributed by atoms with Gasteiger partial charge in [-0.2, -0.15) is 4.31 Å². The molecule has 0 saturated carbocycles. The van der Waals surface area contributed by atoms with Crippen LogP contribution in [-0.2, 0) is 23.0 Å². The lowest BCUT2D eigenvalue weighted by atomic mass is 10.0. The predicted octanol–water partition coefficient (Wildman–Crippen LogP) is 2.54. The Bertz CT molecular complexity index is 1080. The second kappa shape index (κ2) is 7.18. The minimum atomic E-state index is -3.69. The third kappa shape index (κ3) is 3.61. The zero-order chi connectivity index (χ0) is 18.9. The summed E-state index contributed by atoms with van der Waals surface area (Å²) in [5.74, 6) is -0.423. The molecular formula is C18H16N4O3S2. The summed E-state index contributed by atoms with van der Waals surface area (Å²) in [6, 6.07) is 13.9. The zero-order valence-corrected chi connectivity index (χ0v) is 15.8. The molecule has 138 valence electrons. The van der Waals surface area contributed by atoms with Crippen molar-refractivity contribution in [3.63, 3.8) is 0 Å². The number of hydrogen-bond donors (Lipinski definition) is 1. The molecule has 0 unspecified atom stereocenters. The monoisotopic (exact) mass is 400 g/mol. The topological polar surface area (TPSA) is 92.3 Å². The Balaban J connectivity index is 1.58. The highest BCUT2D eigenvalue weighted by Gasteiger charge is 2.28. The highest BCUT2D eigenvalue weighted by molar-refractivity contribution is 7.89.